The van der Waals surface area contributed by atoms with Gasteiger partial charge in [0.25, 0.3) is 0 Å². The van der Waals surface area contributed by atoms with Gasteiger partial charge in [-0.2, -0.15) is 0 Å². The molecule has 0 bridgehead atoms. The first-order valence-electron chi connectivity index (χ1n) is 5.02. The molecule has 18 heavy (non-hydrogen) atoms. The minimum absolute atomic E-state index is 0.0220. The number of hydrogen-bond donors (Lipinski definition) is 1. The molecule has 0 spiro atoms. The summed E-state index contributed by atoms with van der Waals surface area (Å²) in [6, 6.07) is 1.28. The molecular weight excluding hydrogens is 247 g/mol. The van der Waals surface area contributed by atoms with Crippen molar-refractivity contribution in [3.05, 3.63) is 17.4 Å². The van der Waals surface area contributed by atoms with Crippen molar-refractivity contribution in [1.82, 2.24) is 0 Å². The van der Waals surface area contributed by atoms with E-state index < -0.39 is 17.9 Å². The van der Waals surface area contributed by atoms with Gasteiger partial charge in [0.05, 0.1) is 19.8 Å². The molecule has 0 fully saturated rings. The van der Waals surface area contributed by atoms with Gasteiger partial charge in [0.15, 0.2) is 29.2 Å². The van der Waals surface area contributed by atoms with E-state index in [0.717, 1.165) is 7.11 Å². The number of aliphatic hydroxyl groups is 1. The number of fused-ring (bicyclic) bond motifs is 1. The molecule has 98 valence electrons. The van der Waals surface area contributed by atoms with Gasteiger partial charge < -0.3 is 24.1 Å². The molecule has 0 saturated heterocycles. The number of aliphatic hydroxyl groups excluding tert-OH is 1. The van der Waals surface area contributed by atoms with Crippen molar-refractivity contribution in [3.63, 3.8) is 0 Å². The van der Waals surface area contributed by atoms with Gasteiger partial charge in [-0.1, -0.05) is 0 Å². The Morgan fingerprint density at radius 3 is 2.83 bits per heavy atom. The predicted molar refractivity (Wildman–Crippen MR) is 56.1 cm³/mol. The molecule has 0 amide bonds. The molecule has 0 aromatic heterocycles. The highest BCUT2D eigenvalue weighted by atomic mass is 19.1. The fourth-order valence-electron chi connectivity index (χ4n) is 1.64. The van der Waals surface area contributed by atoms with Gasteiger partial charge in [0.1, 0.15) is 0 Å². The number of benzene rings is 1. The first-order valence-corrected chi connectivity index (χ1v) is 5.02. The summed E-state index contributed by atoms with van der Waals surface area (Å²) < 4.78 is 33.3. The number of methoxy groups -OCH3 is 2. The van der Waals surface area contributed by atoms with Gasteiger partial charge in [-0.3, -0.25) is 0 Å². The van der Waals surface area contributed by atoms with Crippen molar-refractivity contribution in [2.75, 3.05) is 21.0 Å². The van der Waals surface area contributed by atoms with Crippen LogP contribution in [0.3, 0.4) is 0 Å². The third-order valence-corrected chi connectivity index (χ3v) is 2.52. The van der Waals surface area contributed by atoms with Crippen molar-refractivity contribution in [2.24, 2.45) is 0 Å². The Labute approximate surface area is 102 Å². The van der Waals surface area contributed by atoms with Gasteiger partial charge in [0.2, 0.25) is 6.79 Å². The first kappa shape index (κ1) is 12.4. The summed E-state index contributed by atoms with van der Waals surface area (Å²) in [5.74, 6) is -1.87. The third kappa shape index (κ3) is 1.82. The number of rotatable bonds is 3. The summed E-state index contributed by atoms with van der Waals surface area (Å²) in [5, 5.41) is 9.75. The van der Waals surface area contributed by atoms with E-state index in [1.165, 1.54) is 13.2 Å². The van der Waals surface area contributed by atoms with E-state index in [-0.39, 0.29) is 29.6 Å². The molecule has 6 nitrogen and oxygen atoms in total. The minimum atomic E-state index is -1.81. The van der Waals surface area contributed by atoms with E-state index >= 15 is 0 Å². The van der Waals surface area contributed by atoms with Gasteiger partial charge in [-0.05, 0) is 0 Å². The summed E-state index contributed by atoms with van der Waals surface area (Å²) >= 11 is 0. The number of carbonyl (C=O) groups is 1. The Morgan fingerprint density at radius 2 is 2.22 bits per heavy atom. The molecule has 1 aliphatic rings. The van der Waals surface area contributed by atoms with Gasteiger partial charge >= 0.3 is 5.97 Å². The molecule has 1 aliphatic heterocycles. The van der Waals surface area contributed by atoms with Crippen LogP contribution in [0.4, 0.5) is 4.39 Å². The Balaban J connectivity index is 2.57. The lowest BCUT2D eigenvalue weighted by molar-refractivity contribution is -0.151. The Hall–Kier alpha value is -2.02. The number of ether oxygens (including phenoxy) is 4. The molecule has 1 N–H and O–H groups in total. The normalized spacial score (nSPS) is 14.2. The van der Waals surface area contributed by atoms with Crippen LogP contribution in [0.15, 0.2) is 6.07 Å². The third-order valence-electron chi connectivity index (χ3n) is 2.52. The number of hydrogen-bond acceptors (Lipinski definition) is 6. The van der Waals surface area contributed by atoms with E-state index in [0.29, 0.717) is 0 Å². The molecule has 7 heteroatoms. The largest absolute Gasteiger partial charge is 0.494 e. The predicted octanol–water partition coefficient (Wildman–Crippen LogP) is 0.769. The van der Waals surface area contributed by atoms with Crippen molar-refractivity contribution in [2.45, 2.75) is 6.10 Å². The molecule has 1 unspecified atom stereocenters. The second-order valence-electron chi connectivity index (χ2n) is 3.47. The van der Waals surface area contributed by atoms with Crippen LogP contribution in [0.1, 0.15) is 11.7 Å². The van der Waals surface area contributed by atoms with Crippen LogP contribution in [0, 0.1) is 5.82 Å². The fraction of sp³-hybridized carbons (Fsp3) is 0.364. The molecular formula is C11H11FO6. The average Bonchev–Trinajstić information content (AvgIpc) is 2.83. The lowest BCUT2D eigenvalue weighted by Gasteiger charge is -2.14. The summed E-state index contributed by atoms with van der Waals surface area (Å²) in [4.78, 5) is 11.3. The molecule has 2 rings (SSSR count). The molecule has 1 heterocycles. The van der Waals surface area contributed by atoms with Crippen molar-refractivity contribution >= 4 is 5.97 Å². The van der Waals surface area contributed by atoms with Crippen LogP contribution in [-0.4, -0.2) is 32.1 Å². The summed E-state index contributed by atoms with van der Waals surface area (Å²) in [7, 11) is 2.34. The van der Waals surface area contributed by atoms with Gasteiger partial charge in [0, 0.05) is 6.07 Å². The smallest absolute Gasteiger partial charge is 0.339 e. The monoisotopic (exact) mass is 258 g/mol. The fourth-order valence-corrected chi connectivity index (χ4v) is 1.64. The molecule has 0 aliphatic carbocycles. The molecule has 1 atom stereocenters. The SMILES string of the molecule is COC(=O)C(O)c1c(F)c(OC)cc2c1OCO2. The summed E-state index contributed by atoms with van der Waals surface area (Å²) in [5.41, 5.74) is -0.353. The van der Waals surface area contributed by atoms with Crippen molar-refractivity contribution in [3.8, 4) is 17.2 Å². The van der Waals surface area contributed by atoms with Crippen LogP contribution >= 0.6 is 0 Å². The van der Waals surface area contributed by atoms with Crippen LogP contribution in [0.5, 0.6) is 17.2 Å². The zero-order valence-electron chi connectivity index (χ0n) is 9.73. The molecule has 0 saturated carbocycles. The zero-order valence-corrected chi connectivity index (χ0v) is 9.73. The van der Waals surface area contributed by atoms with Crippen LogP contribution in [0.25, 0.3) is 0 Å². The van der Waals surface area contributed by atoms with Gasteiger partial charge in [-0.25, -0.2) is 9.18 Å². The lowest BCUT2D eigenvalue weighted by Crippen LogP contribution is -2.16. The lowest BCUT2D eigenvalue weighted by atomic mass is 10.1. The number of halogens is 1. The topological polar surface area (TPSA) is 74.2 Å². The molecule has 0 radical (unpaired) electrons. The average molecular weight is 258 g/mol. The van der Waals surface area contributed by atoms with Crippen molar-refractivity contribution in [1.29, 1.82) is 0 Å². The highest BCUT2D eigenvalue weighted by Gasteiger charge is 2.33. The highest BCUT2D eigenvalue weighted by molar-refractivity contribution is 5.78. The summed E-state index contributed by atoms with van der Waals surface area (Å²) in [6.45, 7) is -0.122. The molecule has 1 aromatic rings. The van der Waals surface area contributed by atoms with Crippen molar-refractivity contribution < 1.29 is 33.2 Å². The van der Waals surface area contributed by atoms with Crippen LogP contribution < -0.4 is 14.2 Å². The Morgan fingerprint density at radius 1 is 1.50 bits per heavy atom. The standard InChI is InChI=1S/C11H11FO6/c1-15-5-3-6-10(18-4-17-6)7(8(5)12)9(13)11(14)16-2/h3,9,13H,4H2,1-2H3. The van der Waals surface area contributed by atoms with E-state index in [4.69, 9.17) is 14.2 Å². The highest BCUT2D eigenvalue weighted by Crippen LogP contribution is 2.44. The second-order valence-corrected chi connectivity index (χ2v) is 3.47. The maximum absolute atomic E-state index is 14.0. The molecule has 1 aromatic carbocycles. The van der Waals surface area contributed by atoms with Crippen LogP contribution in [0.2, 0.25) is 0 Å². The minimum Gasteiger partial charge on any atom is -0.494 e. The number of carbonyl (C=O) groups excluding carboxylic acids is 1. The van der Waals surface area contributed by atoms with E-state index in [1.54, 1.807) is 0 Å². The Kier molecular flexibility index (Phi) is 3.24. The van der Waals surface area contributed by atoms with E-state index in [2.05, 4.69) is 4.74 Å². The zero-order chi connectivity index (χ0) is 13.3. The maximum atomic E-state index is 14.0. The quantitative estimate of drug-likeness (QED) is 0.807. The summed E-state index contributed by atoms with van der Waals surface area (Å²) in [6.07, 6.45) is -1.81. The van der Waals surface area contributed by atoms with Gasteiger partial charge in [-0.15, -0.1) is 0 Å². The van der Waals surface area contributed by atoms with E-state index in [1.807, 2.05) is 0 Å². The van der Waals surface area contributed by atoms with Crippen LogP contribution in [-0.2, 0) is 9.53 Å². The number of esters is 1. The van der Waals surface area contributed by atoms with E-state index in [9.17, 15) is 14.3 Å². The first-order chi connectivity index (χ1) is 8.60. The maximum Gasteiger partial charge on any atom is 0.339 e. The second kappa shape index (κ2) is 4.69. The Bertz CT molecular complexity index is 486.